The van der Waals surface area contributed by atoms with Crippen LogP contribution in [0.2, 0.25) is 0 Å². The van der Waals surface area contributed by atoms with Crippen molar-refractivity contribution in [2.24, 2.45) is 11.3 Å². The number of hydrogen-bond acceptors (Lipinski definition) is 3. The van der Waals surface area contributed by atoms with Gasteiger partial charge in [0.25, 0.3) is 0 Å². The van der Waals surface area contributed by atoms with Gasteiger partial charge in [-0.25, -0.2) is 0 Å². The van der Waals surface area contributed by atoms with E-state index in [2.05, 4.69) is 31.0 Å². The van der Waals surface area contributed by atoms with Crippen LogP contribution >= 0.6 is 0 Å². The lowest BCUT2D eigenvalue weighted by atomic mass is 9.90. The Hall–Kier alpha value is -0.120. The molecule has 0 amide bonds. The van der Waals surface area contributed by atoms with Crippen molar-refractivity contribution in [3.63, 3.8) is 0 Å². The van der Waals surface area contributed by atoms with Crippen LogP contribution in [0.4, 0.5) is 0 Å². The van der Waals surface area contributed by atoms with Crippen molar-refractivity contribution in [1.82, 2.24) is 10.2 Å². The zero-order valence-corrected chi connectivity index (χ0v) is 10.6. The standard InChI is InChI=1S/C12H26N2O/c1-10-7-14(6-5-11(10)15)9-12(2,3)8-13-4/h10-11,13,15H,5-9H2,1-4H3. The molecule has 1 saturated heterocycles. The molecule has 2 atom stereocenters. The highest BCUT2D eigenvalue weighted by Gasteiger charge is 2.28. The molecule has 2 N–H and O–H groups in total. The van der Waals surface area contributed by atoms with Crippen molar-refractivity contribution < 1.29 is 5.11 Å². The molecule has 0 aromatic carbocycles. The van der Waals surface area contributed by atoms with E-state index in [4.69, 9.17) is 0 Å². The Morgan fingerprint density at radius 1 is 1.47 bits per heavy atom. The van der Waals surface area contributed by atoms with Gasteiger partial charge >= 0.3 is 0 Å². The summed E-state index contributed by atoms with van der Waals surface area (Å²) >= 11 is 0. The molecule has 3 heteroatoms. The van der Waals surface area contributed by atoms with Crippen LogP contribution in [0.25, 0.3) is 0 Å². The number of nitrogens with zero attached hydrogens (tertiary/aromatic N) is 1. The van der Waals surface area contributed by atoms with Gasteiger partial charge in [-0.2, -0.15) is 0 Å². The maximum atomic E-state index is 9.66. The minimum Gasteiger partial charge on any atom is -0.393 e. The molecule has 0 aliphatic carbocycles. The van der Waals surface area contributed by atoms with Gasteiger partial charge in [0.15, 0.2) is 0 Å². The lowest BCUT2D eigenvalue weighted by Gasteiger charge is -2.39. The zero-order valence-electron chi connectivity index (χ0n) is 10.6. The highest BCUT2D eigenvalue weighted by molar-refractivity contribution is 4.82. The van der Waals surface area contributed by atoms with Gasteiger partial charge in [0.1, 0.15) is 0 Å². The third-order valence-corrected chi connectivity index (χ3v) is 3.25. The number of hydrogen-bond donors (Lipinski definition) is 2. The second-order valence-electron chi connectivity index (χ2n) is 5.76. The van der Waals surface area contributed by atoms with Crippen molar-refractivity contribution in [2.75, 3.05) is 33.2 Å². The average molecular weight is 214 g/mol. The third kappa shape index (κ3) is 4.09. The molecule has 3 nitrogen and oxygen atoms in total. The first-order chi connectivity index (χ1) is 6.94. The lowest BCUT2D eigenvalue weighted by molar-refractivity contribution is 0.0212. The van der Waals surface area contributed by atoms with Crippen molar-refractivity contribution in [1.29, 1.82) is 0 Å². The Labute approximate surface area is 93.9 Å². The van der Waals surface area contributed by atoms with E-state index in [1.54, 1.807) is 0 Å². The SMILES string of the molecule is CNCC(C)(C)CN1CCC(O)C(C)C1. The number of aliphatic hydroxyl groups is 1. The lowest BCUT2D eigenvalue weighted by Crippen LogP contribution is -2.47. The molecule has 0 saturated carbocycles. The van der Waals surface area contributed by atoms with Crippen LogP contribution in [-0.2, 0) is 0 Å². The first kappa shape index (κ1) is 12.9. The molecule has 1 fully saturated rings. The van der Waals surface area contributed by atoms with E-state index in [-0.39, 0.29) is 6.10 Å². The second kappa shape index (κ2) is 5.28. The van der Waals surface area contributed by atoms with E-state index in [1.165, 1.54) is 0 Å². The largest absolute Gasteiger partial charge is 0.393 e. The van der Waals surface area contributed by atoms with Crippen molar-refractivity contribution in [3.05, 3.63) is 0 Å². The van der Waals surface area contributed by atoms with Crippen LogP contribution in [0.5, 0.6) is 0 Å². The fourth-order valence-corrected chi connectivity index (χ4v) is 2.50. The number of aliphatic hydroxyl groups excluding tert-OH is 1. The van der Waals surface area contributed by atoms with Crippen LogP contribution in [0, 0.1) is 11.3 Å². The Morgan fingerprint density at radius 2 is 2.13 bits per heavy atom. The molecular weight excluding hydrogens is 188 g/mol. The summed E-state index contributed by atoms with van der Waals surface area (Å²) in [4.78, 5) is 2.48. The minimum absolute atomic E-state index is 0.0892. The fraction of sp³-hybridized carbons (Fsp3) is 1.00. The average Bonchev–Trinajstić information content (AvgIpc) is 2.10. The van der Waals surface area contributed by atoms with Gasteiger partial charge in [-0.15, -0.1) is 0 Å². The van der Waals surface area contributed by atoms with Crippen LogP contribution in [0.1, 0.15) is 27.2 Å². The van der Waals surface area contributed by atoms with E-state index < -0.39 is 0 Å². The maximum absolute atomic E-state index is 9.66. The summed E-state index contributed by atoms with van der Waals surface area (Å²) in [5.41, 5.74) is 0.316. The molecule has 1 aliphatic heterocycles. The van der Waals surface area contributed by atoms with E-state index >= 15 is 0 Å². The molecule has 0 spiro atoms. The molecule has 0 radical (unpaired) electrons. The van der Waals surface area contributed by atoms with Crippen molar-refractivity contribution >= 4 is 0 Å². The van der Waals surface area contributed by atoms with E-state index in [1.807, 2.05) is 7.05 Å². The van der Waals surface area contributed by atoms with Crippen LogP contribution in [-0.4, -0.2) is 49.3 Å². The van der Waals surface area contributed by atoms with Gasteiger partial charge in [0.2, 0.25) is 0 Å². The minimum atomic E-state index is -0.0892. The molecule has 1 rings (SSSR count). The fourth-order valence-electron chi connectivity index (χ4n) is 2.50. The van der Waals surface area contributed by atoms with Crippen LogP contribution in [0.15, 0.2) is 0 Å². The van der Waals surface area contributed by atoms with Gasteiger partial charge in [-0.3, -0.25) is 0 Å². The molecule has 15 heavy (non-hydrogen) atoms. The molecule has 90 valence electrons. The topological polar surface area (TPSA) is 35.5 Å². The molecule has 0 aromatic rings. The number of likely N-dealkylation sites (tertiary alicyclic amines) is 1. The van der Waals surface area contributed by atoms with Crippen LogP contribution < -0.4 is 5.32 Å². The Balaban J connectivity index is 2.39. The van der Waals surface area contributed by atoms with Gasteiger partial charge in [0.05, 0.1) is 6.10 Å². The summed E-state index contributed by atoms with van der Waals surface area (Å²) in [7, 11) is 2.00. The first-order valence-corrected chi connectivity index (χ1v) is 5.99. The Morgan fingerprint density at radius 3 is 2.67 bits per heavy atom. The summed E-state index contributed by atoms with van der Waals surface area (Å²) in [6.45, 7) is 11.0. The maximum Gasteiger partial charge on any atom is 0.0590 e. The molecule has 0 aromatic heterocycles. The second-order valence-corrected chi connectivity index (χ2v) is 5.76. The monoisotopic (exact) mass is 214 g/mol. The number of nitrogens with one attached hydrogen (secondary N) is 1. The van der Waals surface area contributed by atoms with E-state index in [9.17, 15) is 5.11 Å². The highest BCUT2D eigenvalue weighted by Crippen LogP contribution is 2.22. The Kier molecular flexibility index (Phi) is 4.56. The summed E-state index contributed by atoms with van der Waals surface area (Å²) in [6, 6.07) is 0. The zero-order chi connectivity index (χ0) is 11.5. The number of piperidine rings is 1. The molecule has 2 unspecified atom stereocenters. The van der Waals surface area contributed by atoms with Gasteiger partial charge in [-0.1, -0.05) is 20.8 Å². The highest BCUT2D eigenvalue weighted by atomic mass is 16.3. The van der Waals surface area contributed by atoms with Gasteiger partial charge in [-0.05, 0) is 24.8 Å². The predicted octanol–water partition coefficient (Wildman–Crippen LogP) is 0.935. The third-order valence-electron chi connectivity index (χ3n) is 3.25. The summed E-state index contributed by atoms with van der Waals surface area (Å²) in [6.07, 6.45) is 0.838. The number of rotatable bonds is 4. The van der Waals surface area contributed by atoms with Crippen molar-refractivity contribution in [2.45, 2.75) is 33.3 Å². The van der Waals surface area contributed by atoms with E-state index in [0.29, 0.717) is 11.3 Å². The van der Waals surface area contributed by atoms with Gasteiger partial charge < -0.3 is 15.3 Å². The van der Waals surface area contributed by atoms with E-state index in [0.717, 1.165) is 32.6 Å². The van der Waals surface area contributed by atoms with Gasteiger partial charge in [0, 0.05) is 26.2 Å². The molecular formula is C12H26N2O. The molecule has 0 bridgehead atoms. The Bertz CT molecular complexity index is 194. The normalized spacial score (nSPS) is 29.4. The quantitative estimate of drug-likeness (QED) is 0.731. The summed E-state index contributed by atoms with van der Waals surface area (Å²) in [5, 5.41) is 12.9. The first-order valence-electron chi connectivity index (χ1n) is 5.99. The summed E-state index contributed by atoms with van der Waals surface area (Å²) in [5.74, 6) is 0.420. The molecule has 1 aliphatic rings. The predicted molar refractivity (Wildman–Crippen MR) is 63.9 cm³/mol. The van der Waals surface area contributed by atoms with Crippen LogP contribution in [0.3, 0.4) is 0 Å². The van der Waals surface area contributed by atoms with Crippen molar-refractivity contribution in [3.8, 4) is 0 Å². The smallest absolute Gasteiger partial charge is 0.0590 e. The summed E-state index contributed by atoms with van der Waals surface area (Å²) < 4.78 is 0. The molecule has 1 heterocycles.